The molecular formula is C23H22N4O3. The highest BCUT2D eigenvalue weighted by atomic mass is 16.4. The average Bonchev–Trinajstić information content (AvgIpc) is 3.53. The normalized spacial score (nSPS) is 17.9. The van der Waals surface area contributed by atoms with Gasteiger partial charge in [-0.3, -0.25) is 9.69 Å². The van der Waals surface area contributed by atoms with Crippen LogP contribution in [0.15, 0.2) is 54.9 Å². The summed E-state index contributed by atoms with van der Waals surface area (Å²) in [6.07, 6.45) is 4.47. The molecule has 152 valence electrons. The fourth-order valence-corrected chi connectivity index (χ4v) is 4.60. The molecule has 2 amide bonds. The van der Waals surface area contributed by atoms with Crippen molar-refractivity contribution < 1.29 is 14.7 Å². The topological polar surface area (TPSA) is 89.5 Å². The number of carboxylic acid groups (broad SMARTS) is 1. The van der Waals surface area contributed by atoms with Gasteiger partial charge in [0.05, 0.1) is 0 Å². The Morgan fingerprint density at radius 1 is 1.10 bits per heavy atom. The van der Waals surface area contributed by atoms with Crippen molar-refractivity contribution in [3.05, 3.63) is 60.4 Å². The standard InChI is InChI=1S/C23H22N4O3/c28-22(19-7-4-11-27(19)23(29)30)26-12-8-17-18(15-5-2-1-3-6-15)13-16(14-20(17)26)21-24-9-10-25-21/h1-3,5-6,9-10,13-14,19H,4,7-8,11-12H2,(H,24,25)(H,29,30)/t19-/m0/s1. The van der Waals surface area contributed by atoms with E-state index in [1.807, 2.05) is 24.3 Å². The summed E-state index contributed by atoms with van der Waals surface area (Å²) in [5.74, 6) is 0.603. The highest BCUT2D eigenvalue weighted by molar-refractivity contribution is 6.02. The zero-order valence-corrected chi connectivity index (χ0v) is 16.4. The molecule has 3 aromatic rings. The number of nitrogens with zero attached hydrogens (tertiary/aromatic N) is 3. The summed E-state index contributed by atoms with van der Waals surface area (Å²) in [4.78, 5) is 35.5. The number of rotatable bonds is 3. The van der Waals surface area contributed by atoms with Crippen LogP contribution in [0.3, 0.4) is 0 Å². The van der Waals surface area contributed by atoms with E-state index in [1.165, 1.54) is 4.90 Å². The van der Waals surface area contributed by atoms with Gasteiger partial charge in [-0.15, -0.1) is 0 Å². The number of anilines is 1. The van der Waals surface area contributed by atoms with Crippen LogP contribution in [-0.2, 0) is 11.2 Å². The van der Waals surface area contributed by atoms with Crippen LogP contribution in [0.5, 0.6) is 0 Å². The lowest BCUT2D eigenvalue weighted by Gasteiger charge is -2.26. The van der Waals surface area contributed by atoms with Crippen LogP contribution in [0.1, 0.15) is 18.4 Å². The Morgan fingerprint density at radius 2 is 1.93 bits per heavy atom. The Bertz CT molecular complexity index is 1100. The first-order valence-electron chi connectivity index (χ1n) is 10.2. The molecule has 30 heavy (non-hydrogen) atoms. The van der Waals surface area contributed by atoms with Gasteiger partial charge in [-0.05, 0) is 48.1 Å². The highest BCUT2D eigenvalue weighted by Gasteiger charge is 2.39. The van der Waals surface area contributed by atoms with Crippen LogP contribution >= 0.6 is 0 Å². The van der Waals surface area contributed by atoms with Crippen molar-refractivity contribution in [2.24, 2.45) is 0 Å². The van der Waals surface area contributed by atoms with Gasteiger partial charge in [-0.1, -0.05) is 30.3 Å². The number of likely N-dealkylation sites (tertiary alicyclic amines) is 1. The van der Waals surface area contributed by atoms with Gasteiger partial charge in [0.25, 0.3) is 0 Å². The fourth-order valence-electron chi connectivity index (χ4n) is 4.60. The lowest BCUT2D eigenvalue weighted by Crippen LogP contribution is -2.47. The van der Waals surface area contributed by atoms with Crippen LogP contribution in [0.4, 0.5) is 10.5 Å². The molecule has 0 saturated carbocycles. The third-order valence-corrected chi connectivity index (χ3v) is 6.01. The average molecular weight is 402 g/mol. The van der Waals surface area contributed by atoms with Crippen molar-refractivity contribution in [2.45, 2.75) is 25.3 Å². The van der Waals surface area contributed by atoms with E-state index in [9.17, 15) is 14.7 Å². The lowest BCUT2D eigenvalue weighted by molar-refractivity contribution is -0.122. The van der Waals surface area contributed by atoms with Gasteiger partial charge in [0, 0.05) is 36.7 Å². The number of aromatic amines is 1. The second kappa shape index (κ2) is 7.33. The van der Waals surface area contributed by atoms with E-state index in [1.54, 1.807) is 17.3 Å². The van der Waals surface area contributed by atoms with E-state index in [2.05, 4.69) is 28.2 Å². The van der Waals surface area contributed by atoms with Crippen molar-refractivity contribution in [3.63, 3.8) is 0 Å². The second-order valence-corrected chi connectivity index (χ2v) is 7.70. The molecule has 0 aliphatic carbocycles. The summed E-state index contributed by atoms with van der Waals surface area (Å²) in [5.41, 5.74) is 5.04. The third kappa shape index (κ3) is 3.03. The molecule has 2 aromatic carbocycles. The minimum Gasteiger partial charge on any atom is -0.465 e. The van der Waals surface area contributed by atoms with Crippen molar-refractivity contribution in [2.75, 3.05) is 18.0 Å². The maximum atomic E-state index is 13.4. The summed E-state index contributed by atoms with van der Waals surface area (Å²) in [6.45, 7) is 0.966. The van der Waals surface area contributed by atoms with E-state index < -0.39 is 12.1 Å². The quantitative estimate of drug-likeness (QED) is 0.698. The van der Waals surface area contributed by atoms with Crippen LogP contribution in [0, 0.1) is 0 Å². The third-order valence-electron chi connectivity index (χ3n) is 6.01. The second-order valence-electron chi connectivity index (χ2n) is 7.70. The van der Waals surface area contributed by atoms with E-state index >= 15 is 0 Å². The molecule has 0 bridgehead atoms. The van der Waals surface area contributed by atoms with E-state index in [0.717, 1.165) is 40.2 Å². The van der Waals surface area contributed by atoms with Crippen molar-refractivity contribution in [3.8, 4) is 22.5 Å². The first-order valence-corrected chi connectivity index (χ1v) is 10.2. The monoisotopic (exact) mass is 402 g/mol. The SMILES string of the molecule is O=C([C@@H]1CCCN1C(=O)O)N1CCc2c(-c3ccccc3)cc(-c3ncc[nH]3)cc21. The summed E-state index contributed by atoms with van der Waals surface area (Å²) in [6, 6.07) is 13.6. The predicted molar refractivity (Wildman–Crippen MR) is 113 cm³/mol. The zero-order valence-electron chi connectivity index (χ0n) is 16.4. The number of imidazole rings is 1. The smallest absolute Gasteiger partial charge is 0.407 e. The molecule has 2 aliphatic rings. The lowest BCUT2D eigenvalue weighted by atomic mass is 9.95. The number of aromatic nitrogens is 2. The summed E-state index contributed by atoms with van der Waals surface area (Å²) >= 11 is 0. The number of nitrogens with one attached hydrogen (secondary N) is 1. The molecule has 7 nitrogen and oxygen atoms in total. The van der Waals surface area contributed by atoms with Gasteiger partial charge in [0.15, 0.2) is 0 Å². The Morgan fingerprint density at radius 3 is 2.67 bits per heavy atom. The summed E-state index contributed by atoms with van der Waals surface area (Å²) < 4.78 is 0. The minimum absolute atomic E-state index is 0.135. The van der Waals surface area contributed by atoms with E-state index in [-0.39, 0.29) is 5.91 Å². The molecule has 0 radical (unpaired) electrons. The van der Waals surface area contributed by atoms with Gasteiger partial charge in [0.2, 0.25) is 5.91 Å². The zero-order chi connectivity index (χ0) is 20.7. The van der Waals surface area contributed by atoms with Crippen LogP contribution in [0.25, 0.3) is 22.5 Å². The number of fused-ring (bicyclic) bond motifs is 1. The highest BCUT2D eigenvalue weighted by Crippen LogP contribution is 2.40. The maximum Gasteiger partial charge on any atom is 0.407 e. The first kappa shape index (κ1) is 18.4. The van der Waals surface area contributed by atoms with Crippen LogP contribution < -0.4 is 4.90 Å². The minimum atomic E-state index is -1.03. The van der Waals surface area contributed by atoms with Crippen molar-refractivity contribution in [1.29, 1.82) is 0 Å². The number of benzene rings is 2. The predicted octanol–water partition coefficient (Wildman–Crippen LogP) is 3.78. The fraction of sp³-hybridized carbons (Fsp3) is 0.261. The Balaban J connectivity index is 1.60. The van der Waals surface area contributed by atoms with Crippen molar-refractivity contribution in [1.82, 2.24) is 14.9 Å². The number of H-pyrrole nitrogens is 1. The van der Waals surface area contributed by atoms with Gasteiger partial charge >= 0.3 is 6.09 Å². The molecule has 2 aliphatic heterocycles. The van der Waals surface area contributed by atoms with Crippen molar-refractivity contribution >= 4 is 17.7 Å². The summed E-state index contributed by atoms with van der Waals surface area (Å²) in [5, 5.41) is 9.48. The van der Waals surface area contributed by atoms with Gasteiger partial charge < -0.3 is 15.0 Å². The summed E-state index contributed by atoms with van der Waals surface area (Å²) in [7, 11) is 0. The molecule has 5 rings (SSSR count). The van der Waals surface area contributed by atoms with Gasteiger partial charge in [-0.25, -0.2) is 9.78 Å². The molecular weight excluding hydrogens is 380 g/mol. The van der Waals surface area contributed by atoms with Gasteiger partial charge in [-0.2, -0.15) is 0 Å². The van der Waals surface area contributed by atoms with Crippen LogP contribution in [0.2, 0.25) is 0 Å². The number of hydrogen-bond acceptors (Lipinski definition) is 3. The molecule has 2 N–H and O–H groups in total. The largest absolute Gasteiger partial charge is 0.465 e. The number of carbonyl (C=O) groups is 2. The first-order chi connectivity index (χ1) is 14.6. The molecule has 1 aromatic heterocycles. The van der Waals surface area contributed by atoms with Gasteiger partial charge in [0.1, 0.15) is 11.9 Å². The molecule has 0 unspecified atom stereocenters. The molecule has 3 heterocycles. The number of carbonyl (C=O) groups excluding carboxylic acids is 1. The molecule has 0 spiro atoms. The molecule has 1 atom stereocenters. The maximum absolute atomic E-state index is 13.4. The number of hydrogen-bond donors (Lipinski definition) is 2. The van der Waals surface area contributed by atoms with E-state index in [4.69, 9.17) is 0 Å². The molecule has 7 heteroatoms. The number of amides is 2. The molecule has 1 saturated heterocycles. The Kier molecular flexibility index (Phi) is 4.50. The Labute approximate surface area is 174 Å². The molecule has 1 fully saturated rings. The van der Waals surface area contributed by atoms with Crippen LogP contribution in [-0.4, -0.2) is 51.1 Å². The Hall–Kier alpha value is -3.61. The van der Waals surface area contributed by atoms with E-state index in [0.29, 0.717) is 25.9 Å².